The maximum absolute atomic E-state index is 2.39. The van der Waals surface area contributed by atoms with Gasteiger partial charge in [-0.1, -0.05) is 20.8 Å². The van der Waals surface area contributed by atoms with Crippen molar-refractivity contribution in [2.45, 2.75) is 129 Å². The molecule has 0 nitrogen and oxygen atoms in total. The van der Waals surface area contributed by atoms with E-state index in [-0.39, 0.29) is 0 Å². The highest BCUT2D eigenvalue weighted by Crippen LogP contribution is 2.36. The van der Waals surface area contributed by atoms with Crippen molar-refractivity contribution in [3.63, 3.8) is 0 Å². The van der Waals surface area contributed by atoms with Crippen LogP contribution in [0.1, 0.15) is 121 Å². The predicted octanol–water partition coefficient (Wildman–Crippen LogP) is 9.95. The average Bonchev–Trinajstić information content (AvgIpc) is 2.87. The Labute approximate surface area is 228 Å². The summed E-state index contributed by atoms with van der Waals surface area (Å²) in [7, 11) is 0. The fourth-order valence-electron chi connectivity index (χ4n) is 7.23. The molecule has 0 heteroatoms. The maximum Gasteiger partial charge on any atom is -0.00148 e. The molecule has 3 rings (SSSR count). The molecule has 37 heavy (non-hydrogen) atoms. The van der Waals surface area contributed by atoms with Gasteiger partial charge >= 0.3 is 0 Å². The summed E-state index contributed by atoms with van der Waals surface area (Å²) in [6.45, 7) is 32.8. The van der Waals surface area contributed by atoms with E-state index in [1.807, 2.05) is 0 Å². The third-order valence-electron chi connectivity index (χ3n) is 10.4. The Morgan fingerprint density at radius 1 is 0.243 bits per heavy atom. The lowest BCUT2D eigenvalue weighted by molar-refractivity contribution is 0.947. The van der Waals surface area contributed by atoms with Gasteiger partial charge in [-0.05, 0) is 208 Å². The van der Waals surface area contributed by atoms with Crippen molar-refractivity contribution >= 4 is 0 Å². The van der Waals surface area contributed by atoms with Gasteiger partial charge in [-0.15, -0.1) is 0 Å². The molecule has 3 aromatic rings. The zero-order valence-electron chi connectivity index (χ0n) is 26.5. The van der Waals surface area contributed by atoms with E-state index in [9.17, 15) is 0 Å². The third kappa shape index (κ3) is 4.82. The smallest absolute Gasteiger partial charge is 0.00148 e. The lowest BCUT2D eigenvalue weighted by atomic mass is 9.78. The van der Waals surface area contributed by atoms with Gasteiger partial charge in [0.05, 0.1) is 0 Å². The number of benzene rings is 3. The van der Waals surface area contributed by atoms with E-state index < -0.39 is 0 Å². The van der Waals surface area contributed by atoms with E-state index in [0.29, 0.717) is 0 Å². The van der Waals surface area contributed by atoms with Crippen LogP contribution in [-0.2, 0) is 32.1 Å². The van der Waals surface area contributed by atoms with Crippen LogP contribution in [0.2, 0.25) is 0 Å². The summed E-state index contributed by atoms with van der Waals surface area (Å²) >= 11 is 0. The molecule has 0 bridgehead atoms. The summed E-state index contributed by atoms with van der Waals surface area (Å²) in [5.74, 6) is 0. The lowest BCUT2D eigenvalue weighted by Crippen LogP contribution is -2.12. The summed E-state index contributed by atoms with van der Waals surface area (Å²) in [6.07, 6.45) is 5.40. The molecule has 0 aromatic heterocycles. The zero-order valence-corrected chi connectivity index (χ0v) is 26.5. The molecular formula is C37H52. The zero-order chi connectivity index (χ0) is 27.9. The van der Waals surface area contributed by atoms with Crippen molar-refractivity contribution in [3.05, 3.63) is 100 Å². The Bertz CT molecular complexity index is 1300. The summed E-state index contributed by atoms with van der Waals surface area (Å²) < 4.78 is 0. The van der Waals surface area contributed by atoms with Gasteiger partial charge in [0.15, 0.2) is 0 Å². The monoisotopic (exact) mass is 496 g/mol. The highest BCUT2D eigenvalue weighted by molar-refractivity contribution is 5.59. The minimum atomic E-state index is 1.04. The largest absolute Gasteiger partial charge is 0.0613 e. The molecule has 0 spiro atoms. The summed E-state index contributed by atoms with van der Waals surface area (Å²) in [6, 6.07) is 0. The standard InChI is InChI=1S/C37H52/c1-15-31-20(4)24(8)34(25(9)21(31)5)18-36-28(12)29(13)37(33(17-3)30(36)14)19-35-26(10)22(6)32(16-2)23(7)27(35)11/h15-19H2,1-14H3. The van der Waals surface area contributed by atoms with Crippen molar-refractivity contribution in [2.75, 3.05) is 0 Å². The Balaban J connectivity index is 2.22. The summed E-state index contributed by atoms with van der Waals surface area (Å²) in [5, 5.41) is 0. The normalized spacial score (nSPS) is 11.5. The molecule has 0 saturated heterocycles. The Morgan fingerprint density at radius 2 is 0.459 bits per heavy atom. The molecule has 0 unspecified atom stereocenters. The van der Waals surface area contributed by atoms with E-state index >= 15 is 0 Å². The first-order valence-corrected chi connectivity index (χ1v) is 14.6. The Hall–Kier alpha value is -2.34. The van der Waals surface area contributed by atoms with Gasteiger partial charge in [0.2, 0.25) is 0 Å². The molecule has 0 amide bonds. The molecular weight excluding hydrogens is 444 g/mol. The van der Waals surface area contributed by atoms with Crippen LogP contribution >= 0.6 is 0 Å². The molecule has 0 saturated carbocycles. The van der Waals surface area contributed by atoms with Crippen molar-refractivity contribution in [1.82, 2.24) is 0 Å². The molecule has 0 atom stereocenters. The van der Waals surface area contributed by atoms with E-state index in [2.05, 4.69) is 96.9 Å². The van der Waals surface area contributed by atoms with Gasteiger partial charge in [-0.3, -0.25) is 0 Å². The van der Waals surface area contributed by atoms with E-state index in [1.54, 1.807) is 38.9 Å². The summed E-state index contributed by atoms with van der Waals surface area (Å²) in [4.78, 5) is 0. The van der Waals surface area contributed by atoms with Gasteiger partial charge in [0.1, 0.15) is 0 Å². The van der Waals surface area contributed by atoms with Gasteiger partial charge < -0.3 is 0 Å². The number of hydrogen-bond acceptors (Lipinski definition) is 0. The van der Waals surface area contributed by atoms with Gasteiger partial charge in [0.25, 0.3) is 0 Å². The third-order valence-corrected chi connectivity index (χ3v) is 10.4. The maximum atomic E-state index is 2.39. The number of hydrogen-bond donors (Lipinski definition) is 0. The molecule has 0 aliphatic carbocycles. The Morgan fingerprint density at radius 3 is 0.757 bits per heavy atom. The second kappa shape index (κ2) is 11.2. The van der Waals surface area contributed by atoms with E-state index in [0.717, 1.165) is 32.1 Å². The molecule has 0 N–H and O–H groups in total. The van der Waals surface area contributed by atoms with Crippen LogP contribution in [0, 0.1) is 76.2 Å². The first kappa shape index (κ1) is 29.2. The quantitative estimate of drug-likeness (QED) is 0.305. The highest BCUT2D eigenvalue weighted by atomic mass is 14.3. The van der Waals surface area contributed by atoms with Crippen molar-refractivity contribution in [3.8, 4) is 0 Å². The topological polar surface area (TPSA) is 0 Å². The van der Waals surface area contributed by atoms with Crippen LogP contribution < -0.4 is 0 Å². The molecule has 200 valence electrons. The van der Waals surface area contributed by atoms with Crippen LogP contribution in [0.15, 0.2) is 0 Å². The van der Waals surface area contributed by atoms with Crippen molar-refractivity contribution < 1.29 is 0 Å². The van der Waals surface area contributed by atoms with E-state index in [4.69, 9.17) is 0 Å². The van der Waals surface area contributed by atoms with Crippen LogP contribution in [0.3, 0.4) is 0 Å². The fourth-order valence-corrected chi connectivity index (χ4v) is 7.23. The van der Waals surface area contributed by atoms with Gasteiger partial charge in [0, 0.05) is 0 Å². The van der Waals surface area contributed by atoms with Gasteiger partial charge in [-0.25, -0.2) is 0 Å². The van der Waals surface area contributed by atoms with Gasteiger partial charge in [-0.2, -0.15) is 0 Å². The molecule has 3 aromatic carbocycles. The average molecular weight is 497 g/mol. The minimum Gasteiger partial charge on any atom is -0.0613 e. The van der Waals surface area contributed by atoms with Crippen LogP contribution in [0.5, 0.6) is 0 Å². The Kier molecular flexibility index (Phi) is 8.83. The lowest BCUT2D eigenvalue weighted by Gasteiger charge is -2.26. The van der Waals surface area contributed by atoms with Crippen LogP contribution in [0.4, 0.5) is 0 Å². The second-order valence-corrected chi connectivity index (χ2v) is 11.6. The van der Waals surface area contributed by atoms with Crippen LogP contribution in [0.25, 0.3) is 0 Å². The minimum absolute atomic E-state index is 1.04. The fraction of sp³-hybridized carbons (Fsp3) is 0.514. The van der Waals surface area contributed by atoms with Crippen LogP contribution in [-0.4, -0.2) is 0 Å². The number of rotatable bonds is 7. The molecule has 0 radical (unpaired) electrons. The molecule has 0 heterocycles. The molecule has 0 aliphatic heterocycles. The second-order valence-electron chi connectivity index (χ2n) is 11.6. The first-order valence-electron chi connectivity index (χ1n) is 14.6. The van der Waals surface area contributed by atoms with Crippen molar-refractivity contribution in [1.29, 1.82) is 0 Å². The highest BCUT2D eigenvalue weighted by Gasteiger charge is 2.22. The summed E-state index contributed by atoms with van der Waals surface area (Å²) in [5.41, 5.74) is 27.3. The van der Waals surface area contributed by atoms with Crippen molar-refractivity contribution in [2.24, 2.45) is 0 Å². The molecule has 0 aliphatic rings. The molecule has 0 fully saturated rings. The van der Waals surface area contributed by atoms with E-state index in [1.165, 1.54) is 61.2 Å². The SMILES string of the molecule is CCc1c(C)c(C)c(Cc2c(C)c(C)c(Cc3c(C)c(C)c(CC)c(C)c3C)c(CC)c2C)c(C)c1C. The predicted molar refractivity (Wildman–Crippen MR) is 165 cm³/mol. The first-order chi connectivity index (χ1) is 17.3.